The fraction of sp³-hybridized carbons (Fsp3) is 0.938. The molecule has 1 saturated carbocycles. The van der Waals surface area contributed by atoms with E-state index in [1.807, 2.05) is 6.92 Å². The Bertz CT molecular complexity index is 350. The Morgan fingerprint density at radius 3 is 2.48 bits per heavy atom. The Morgan fingerprint density at radius 2 is 1.95 bits per heavy atom. The molecule has 5 nitrogen and oxygen atoms in total. The molecule has 1 unspecified atom stereocenters. The lowest BCUT2D eigenvalue weighted by Crippen LogP contribution is -2.54. The summed E-state index contributed by atoms with van der Waals surface area (Å²) >= 11 is 0. The summed E-state index contributed by atoms with van der Waals surface area (Å²) < 4.78 is 0. The number of carbonyl (C=O) groups excluding carboxylic acids is 1. The molecule has 1 aliphatic heterocycles. The zero-order valence-electron chi connectivity index (χ0n) is 13.9. The van der Waals surface area contributed by atoms with Crippen LogP contribution in [0.15, 0.2) is 0 Å². The van der Waals surface area contributed by atoms with Crippen molar-refractivity contribution in [2.24, 2.45) is 5.73 Å². The number of rotatable bonds is 8. The third-order valence-corrected chi connectivity index (χ3v) is 5.14. The Kier molecular flexibility index (Phi) is 5.63. The molecule has 0 radical (unpaired) electrons. The molecule has 2 rings (SSSR count). The normalized spacial score (nSPS) is 24.2. The van der Waals surface area contributed by atoms with Gasteiger partial charge in [0.2, 0.25) is 5.91 Å². The fourth-order valence-electron chi connectivity index (χ4n) is 3.25. The van der Waals surface area contributed by atoms with Gasteiger partial charge in [0.1, 0.15) is 0 Å². The second-order valence-electron chi connectivity index (χ2n) is 7.23. The van der Waals surface area contributed by atoms with Gasteiger partial charge in [-0.15, -0.1) is 0 Å². The maximum atomic E-state index is 11.7. The van der Waals surface area contributed by atoms with Gasteiger partial charge in [-0.05, 0) is 79.2 Å². The topological polar surface area (TPSA) is 61.6 Å². The summed E-state index contributed by atoms with van der Waals surface area (Å²) in [4.78, 5) is 16.6. The molecule has 21 heavy (non-hydrogen) atoms. The number of piperidine rings is 1. The third kappa shape index (κ3) is 4.94. The summed E-state index contributed by atoms with van der Waals surface area (Å²) in [5.41, 5.74) is 5.07. The molecule has 2 aliphatic rings. The van der Waals surface area contributed by atoms with Gasteiger partial charge in [-0.25, -0.2) is 0 Å². The zero-order valence-corrected chi connectivity index (χ0v) is 13.9. The second-order valence-corrected chi connectivity index (χ2v) is 7.23. The molecule has 0 bridgehead atoms. The minimum atomic E-state index is -0.533. The molecular formula is C16H32N4O. The molecule has 1 atom stereocenters. The highest BCUT2D eigenvalue weighted by atomic mass is 16.1. The summed E-state index contributed by atoms with van der Waals surface area (Å²) in [6.07, 6.45) is 6.70. The first-order valence-electron chi connectivity index (χ1n) is 8.37. The maximum Gasteiger partial charge on any atom is 0.237 e. The molecule has 5 heteroatoms. The summed E-state index contributed by atoms with van der Waals surface area (Å²) in [5, 5.41) is 3.43. The van der Waals surface area contributed by atoms with E-state index in [4.69, 9.17) is 5.73 Å². The molecular weight excluding hydrogens is 264 g/mol. The molecule has 0 aromatic rings. The van der Waals surface area contributed by atoms with Crippen molar-refractivity contribution in [3.8, 4) is 0 Å². The van der Waals surface area contributed by atoms with Crippen LogP contribution in [0.1, 0.15) is 45.4 Å². The number of hydrogen-bond donors (Lipinski definition) is 2. The predicted molar refractivity (Wildman–Crippen MR) is 86.1 cm³/mol. The van der Waals surface area contributed by atoms with Crippen LogP contribution in [0.5, 0.6) is 0 Å². The highest BCUT2D eigenvalue weighted by molar-refractivity contribution is 5.84. The molecule has 0 spiro atoms. The van der Waals surface area contributed by atoms with E-state index in [1.54, 1.807) is 0 Å². The third-order valence-electron chi connectivity index (χ3n) is 5.14. The van der Waals surface area contributed by atoms with Gasteiger partial charge >= 0.3 is 0 Å². The van der Waals surface area contributed by atoms with Gasteiger partial charge in [-0.1, -0.05) is 0 Å². The number of carbonyl (C=O) groups is 1. The predicted octanol–water partition coefficient (Wildman–Crippen LogP) is 0.789. The Morgan fingerprint density at radius 1 is 1.33 bits per heavy atom. The fourth-order valence-corrected chi connectivity index (χ4v) is 3.25. The van der Waals surface area contributed by atoms with Crippen molar-refractivity contribution < 1.29 is 4.79 Å². The SMILES string of the molecule is CN1CCC(N(C)CCCC(C)(NC2CC2)C(N)=O)CC1. The Hall–Kier alpha value is -0.650. The molecule has 1 heterocycles. The number of nitrogens with zero attached hydrogens (tertiary/aromatic N) is 2. The first kappa shape index (κ1) is 16.7. The van der Waals surface area contributed by atoms with Crippen LogP contribution in [0.3, 0.4) is 0 Å². The van der Waals surface area contributed by atoms with Crippen LogP contribution in [0.4, 0.5) is 0 Å². The van der Waals surface area contributed by atoms with E-state index >= 15 is 0 Å². The molecule has 1 amide bonds. The van der Waals surface area contributed by atoms with Crippen LogP contribution in [0.25, 0.3) is 0 Å². The van der Waals surface area contributed by atoms with Crippen molar-refractivity contribution in [1.29, 1.82) is 0 Å². The quantitative estimate of drug-likeness (QED) is 0.695. The van der Waals surface area contributed by atoms with Crippen LogP contribution in [-0.4, -0.2) is 67.1 Å². The summed E-state index contributed by atoms with van der Waals surface area (Å²) in [6.45, 7) is 5.39. The number of hydrogen-bond acceptors (Lipinski definition) is 4. The Balaban J connectivity index is 1.72. The van der Waals surface area contributed by atoms with E-state index in [-0.39, 0.29) is 5.91 Å². The number of primary amides is 1. The molecule has 0 aromatic carbocycles. The minimum absolute atomic E-state index is 0.212. The van der Waals surface area contributed by atoms with Gasteiger partial charge in [-0.2, -0.15) is 0 Å². The molecule has 1 aliphatic carbocycles. The number of amides is 1. The highest BCUT2D eigenvalue weighted by Gasteiger charge is 2.36. The van der Waals surface area contributed by atoms with Crippen molar-refractivity contribution in [2.75, 3.05) is 33.7 Å². The molecule has 2 fully saturated rings. The smallest absolute Gasteiger partial charge is 0.237 e. The van der Waals surface area contributed by atoms with Gasteiger partial charge < -0.3 is 20.9 Å². The van der Waals surface area contributed by atoms with Gasteiger partial charge in [0, 0.05) is 12.1 Å². The van der Waals surface area contributed by atoms with E-state index in [2.05, 4.69) is 29.2 Å². The van der Waals surface area contributed by atoms with Gasteiger partial charge in [-0.3, -0.25) is 4.79 Å². The maximum absolute atomic E-state index is 11.7. The molecule has 122 valence electrons. The van der Waals surface area contributed by atoms with Crippen molar-refractivity contribution in [3.63, 3.8) is 0 Å². The average Bonchev–Trinajstić information content (AvgIpc) is 3.23. The van der Waals surface area contributed by atoms with Crippen LogP contribution >= 0.6 is 0 Å². The van der Waals surface area contributed by atoms with E-state index in [0.717, 1.165) is 19.4 Å². The lowest BCUT2D eigenvalue weighted by Gasteiger charge is -2.36. The average molecular weight is 296 g/mol. The van der Waals surface area contributed by atoms with Crippen LogP contribution in [0.2, 0.25) is 0 Å². The summed E-state index contributed by atoms with van der Waals surface area (Å²) in [5.74, 6) is -0.212. The van der Waals surface area contributed by atoms with Crippen molar-refractivity contribution in [1.82, 2.24) is 15.1 Å². The molecule has 1 saturated heterocycles. The van der Waals surface area contributed by atoms with Crippen LogP contribution < -0.4 is 11.1 Å². The van der Waals surface area contributed by atoms with E-state index < -0.39 is 5.54 Å². The first-order chi connectivity index (χ1) is 9.90. The number of nitrogens with one attached hydrogen (secondary N) is 1. The molecule has 3 N–H and O–H groups in total. The first-order valence-corrected chi connectivity index (χ1v) is 8.37. The Labute approximate surface area is 129 Å². The van der Waals surface area contributed by atoms with E-state index in [9.17, 15) is 4.79 Å². The van der Waals surface area contributed by atoms with Crippen molar-refractivity contribution in [3.05, 3.63) is 0 Å². The number of likely N-dealkylation sites (tertiary alicyclic amines) is 1. The molecule has 0 aromatic heterocycles. The number of nitrogens with two attached hydrogens (primary N) is 1. The zero-order chi connectivity index (χ0) is 15.5. The van der Waals surface area contributed by atoms with Gasteiger partial charge in [0.25, 0.3) is 0 Å². The summed E-state index contributed by atoms with van der Waals surface area (Å²) in [7, 11) is 4.41. The van der Waals surface area contributed by atoms with Crippen LogP contribution in [0, 0.1) is 0 Å². The van der Waals surface area contributed by atoms with Gasteiger partial charge in [0.05, 0.1) is 5.54 Å². The van der Waals surface area contributed by atoms with Crippen LogP contribution in [-0.2, 0) is 4.79 Å². The van der Waals surface area contributed by atoms with E-state index in [1.165, 1.54) is 38.8 Å². The van der Waals surface area contributed by atoms with Crippen molar-refractivity contribution >= 4 is 5.91 Å². The summed E-state index contributed by atoms with van der Waals surface area (Å²) in [6, 6.07) is 1.20. The van der Waals surface area contributed by atoms with Gasteiger partial charge in [0.15, 0.2) is 0 Å². The minimum Gasteiger partial charge on any atom is -0.368 e. The van der Waals surface area contributed by atoms with E-state index in [0.29, 0.717) is 12.1 Å². The van der Waals surface area contributed by atoms with Crippen molar-refractivity contribution in [2.45, 2.75) is 63.1 Å². The second kappa shape index (κ2) is 7.07. The standard InChI is InChI=1S/C16H32N4O/c1-16(15(17)21,18-13-5-6-13)9-4-10-20(3)14-7-11-19(2)12-8-14/h13-14,18H,4-12H2,1-3H3,(H2,17,21). The largest absolute Gasteiger partial charge is 0.368 e. The monoisotopic (exact) mass is 296 g/mol. The lowest BCUT2D eigenvalue weighted by molar-refractivity contribution is -0.124. The highest BCUT2D eigenvalue weighted by Crippen LogP contribution is 2.25. The lowest BCUT2D eigenvalue weighted by atomic mass is 9.94.